The van der Waals surface area contributed by atoms with E-state index in [9.17, 15) is 13.0 Å². The lowest BCUT2D eigenvalue weighted by atomic mass is 10.0. The van der Waals surface area contributed by atoms with Gasteiger partial charge in [-0.05, 0) is 49.1 Å². The van der Waals surface area contributed by atoms with E-state index in [1.807, 2.05) is 41.1 Å². The molecule has 3 aromatic rings. The molecule has 38 heavy (non-hydrogen) atoms. The molecule has 1 heterocycles. The fraction of sp³-hybridized carbons (Fsp3) is 0.438. The second-order valence-corrected chi connectivity index (χ2v) is 11.2. The molecule has 0 amide bonds. The van der Waals surface area contributed by atoms with E-state index in [2.05, 4.69) is 32.0 Å². The smallest absolute Gasteiger partial charge is 0.283 e. The van der Waals surface area contributed by atoms with Crippen LogP contribution in [0.4, 0.5) is 0 Å². The Hall–Kier alpha value is -3.01. The number of benzene rings is 2. The minimum Gasteiger partial charge on any atom is -0.744 e. The van der Waals surface area contributed by atoms with Crippen molar-refractivity contribution >= 4 is 10.1 Å². The van der Waals surface area contributed by atoms with Crippen molar-refractivity contribution in [3.05, 3.63) is 95.3 Å². The highest BCUT2D eigenvalue weighted by atomic mass is 32.2. The van der Waals surface area contributed by atoms with Crippen molar-refractivity contribution in [3.63, 3.8) is 0 Å². The third kappa shape index (κ3) is 12.0. The molecule has 2 aromatic carbocycles. The molecule has 0 aliphatic rings. The summed E-state index contributed by atoms with van der Waals surface area (Å²) in [5.74, 6) is 0. The van der Waals surface area contributed by atoms with Gasteiger partial charge in [0.05, 0.1) is 4.90 Å². The fourth-order valence-corrected chi connectivity index (χ4v) is 4.80. The maximum Gasteiger partial charge on any atom is 0.283 e. The summed E-state index contributed by atoms with van der Waals surface area (Å²) in [5.41, 5.74) is 4.29. The maximum absolute atomic E-state index is 10.8. The lowest BCUT2D eigenvalue weighted by Gasteiger charge is -2.08. The van der Waals surface area contributed by atoms with E-state index in [1.165, 1.54) is 81.0 Å². The first-order valence-electron chi connectivity index (χ1n) is 13.8. The van der Waals surface area contributed by atoms with Crippen LogP contribution in [-0.2, 0) is 23.1 Å². The van der Waals surface area contributed by atoms with Gasteiger partial charge in [0.15, 0.2) is 18.8 Å². The molecule has 0 aliphatic heterocycles. The Morgan fingerprint density at radius 1 is 0.789 bits per heavy atom. The Labute approximate surface area is 229 Å². The predicted octanol–water partition coefficient (Wildman–Crippen LogP) is 7.26. The third-order valence-corrected chi connectivity index (χ3v) is 7.54. The zero-order valence-corrected chi connectivity index (χ0v) is 23.8. The largest absolute Gasteiger partial charge is 0.744 e. The first-order chi connectivity index (χ1) is 18.3. The van der Waals surface area contributed by atoms with Gasteiger partial charge in [-0.3, -0.25) is 0 Å². The quantitative estimate of drug-likeness (QED) is 0.124. The van der Waals surface area contributed by atoms with Gasteiger partial charge in [-0.25, -0.2) is 8.42 Å². The number of aryl methyl sites for hydroxylation is 2. The summed E-state index contributed by atoms with van der Waals surface area (Å²) in [6.07, 6.45) is 16.0. The van der Waals surface area contributed by atoms with Crippen LogP contribution >= 0.6 is 0 Å². The van der Waals surface area contributed by atoms with Gasteiger partial charge >= 0.3 is 0 Å². The predicted molar refractivity (Wildman–Crippen MR) is 152 cm³/mol. The maximum atomic E-state index is 10.8. The molecule has 0 radical (unpaired) electrons. The molecule has 5 nitrogen and oxygen atoms in total. The Morgan fingerprint density at radius 2 is 1.37 bits per heavy atom. The van der Waals surface area contributed by atoms with E-state index in [4.69, 9.17) is 5.26 Å². The van der Waals surface area contributed by atoms with Gasteiger partial charge in [-0.2, -0.15) is 9.83 Å². The molecule has 1 aromatic heterocycles. The molecule has 6 heteroatoms. The lowest BCUT2D eigenvalue weighted by molar-refractivity contribution is -0.690. The highest BCUT2D eigenvalue weighted by Crippen LogP contribution is 2.14. The number of hydrogen-bond donors (Lipinski definition) is 0. The standard InChI is InChI=1S/C18H30O3S.C14H13N2/c1-2-3-4-5-6-7-8-9-10-11-12-17-13-15-18(16-14-17)22(19,20)21;1-12-6-2-3-7-13(12)11-16-9-5-4-8-14(16)10-15/h13-16H,2-12H2,1H3,(H,19,20,21);2-9H,11H2,1H3/q;+1/p-1. The average molecular weight is 535 g/mol. The number of hydrogen-bond acceptors (Lipinski definition) is 4. The second-order valence-electron chi connectivity index (χ2n) is 9.78. The molecular formula is C32H42N2O3S. The van der Waals surface area contributed by atoms with E-state index < -0.39 is 10.1 Å². The summed E-state index contributed by atoms with van der Waals surface area (Å²) in [5, 5.41) is 8.99. The van der Waals surface area contributed by atoms with Crippen LogP contribution in [0.5, 0.6) is 0 Å². The van der Waals surface area contributed by atoms with Gasteiger partial charge in [0, 0.05) is 17.7 Å². The summed E-state index contributed by atoms with van der Waals surface area (Å²) < 4.78 is 34.5. The highest BCUT2D eigenvalue weighted by molar-refractivity contribution is 7.85. The second kappa shape index (κ2) is 17.5. The van der Waals surface area contributed by atoms with Crippen molar-refractivity contribution < 1.29 is 17.5 Å². The molecule has 0 saturated heterocycles. The molecule has 204 valence electrons. The van der Waals surface area contributed by atoms with Gasteiger partial charge < -0.3 is 4.55 Å². The highest BCUT2D eigenvalue weighted by Gasteiger charge is 2.10. The van der Waals surface area contributed by atoms with Crippen LogP contribution in [-0.4, -0.2) is 13.0 Å². The number of pyridine rings is 1. The van der Waals surface area contributed by atoms with Crippen LogP contribution in [0, 0.1) is 18.3 Å². The minimum atomic E-state index is -4.31. The monoisotopic (exact) mass is 534 g/mol. The Morgan fingerprint density at radius 3 is 1.95 bits per heavy atom. The normalized spacial score (nSPS) is 10.9. The number of rotatable bonds is 14. The summed E-state index contributed by atoms with van der Waals surface area (Å²) in [6.45, 7) is 5.08. The van der Waals surface area contributed by atoms with E-state index in [-0.39, 0.29) is 4.90 Å². The zero-order chi connectivity index (χ0) is 27.6. The van der Waals surface area contributed by atoms with Gasteiger partial charge in [0.25, 0.3) is 5.69 Å². The molecule has 0 spiro atoms. The van der Waals surface area contributed by atoms with Crippen LogP contribution in [0.25, 0.3) is 0 Å². The molecule has 0 unspecified atom stereocenters. The minimum absolute atomic E-state index is 0.140. The molecule has 0 N–H and O–H groups in total. The summed E-state index contributed by atoms with van der Waals surface area (Å²) in [7, 11) is -4.31. The first-order valence-corrected chi connectivity index (χ1v) is 15.2. The molecule has 0 atom stereocenters. The van der Waals surface area contributed by atoms with E-state index in [0.29, 0.717) is 5.69 Å². The van der Waals surface area contributed by atoms with Crippen LogP contribution in [0.1, 0.15) is 93.5 Å². The van der Waals surface area contributed by atoms with Gasteiger partial charge in [-0.1, -0.05) is 101 Å². The first kappa shape index (κ1) is 31.2. The molecule has 0 saturated carbocycles. The van der Waals surface area contributed by atoms with E-state index in [0.717, 1.165) is 24.9 Å². The number of aromatic nitrogens is 1. The van der Waals surface area contributed by atoms with Crippen molar-refractivity contribution in [2.24, 2.45) is 0 Å². The van der Waals surface area contributed by atoms with Crippen molar-refractivity contribution in [1.82, 2.24) is 0 Å². The van der Waals surface area contributed by atoms with E-state index >= 15 is 0 Å². The number of unbranched alkanes of at least 4 members (excludes halogenated alkanes) is 9. The SMILES string of the molecule is CCCCCCCCCCCCc1ccc(S(=O)(=O)[O-])cc1.Cc1ccccc1C[n+]1ccccc1C#N. The molecule has 3 rings (SSSR count). The summed E-state index contributed by atoms with van der Waals surface area (Å²) >= 11 is 0. The average Bonchev–Trinajstić information content (AvgIpc) is 2.91. The van der Waals surface area contributed by atoms with Crippen LogP contribution in [0.3, 0.4) is 0 Å². The molecule has 0 bridgehead atoms. The summed E-state index contributed by atoms with van der Waals surface area (Å²) in [4.78, 5) is -0.140. The molecule has 0 fully saturated rings. The fourth-order valence-electron chi connectivity index (χ4n) is 4.33. The Bertz CT molecular complexity index is 1230. The van der Waals surface area contributed by atoms with Crippen molar-refractivity contribution in [3.8, 4) is 6.07 Å². The Kier molecular flexibility index (Phi) is 14.4. The lowest BCUT2D eigenvalue weighted by Crippen LogP contribution is -2.37. The summed E-state index contributed by atoms with van der Waals surface area (Å²) in [6, 6.07) is 22.4. The Balaban J connectivity index is 0.000000279. The molecular weight excluding hydrogens is 492 g/mol. The number of nitrogens with zero attached hydrogens (tertiary/aromatic N) is 2. The third-order valence-electron chi connectivity index (χ3n) is 6.69. The van der Waals surface area contributed by atoms with Crippen LogP contribution in [0.15, 0.2) is 77.8 Å². The van der Waals surface area contributed by atoms with Gasteiger partial charge in [-0.15, -0.1) is 0 Å². The molecule has 0 aliphatic carbocycles. The van der Waals surface area contributed by atoms with Crippen molar-refractivity contribution in [2.45, 2.75) is 95.9 Å². The van der Waals surface area contributed by atoms with E-state index in [1.54, 1.807) is 12.1 Å². The van der Waals surface area contributed by atoms with Crippen molar-refractivity contribution in [2.75, 3.05) is 0 Å². The van der Waals surface area contributed by atoms with Gasteiger partial charge in [0.1, 0.15) is 10.1 Å². The van der Waals surface area contributed by atoms with Crippen molar-refractivity contribution in [1.29, 1.82) is 5.26 Å². The zero-order valence-electron chi connectivity index (χ0n) is 22.9. The number of nitriles is 1. The van der Waals surface area contributed by atoms with Crippen LogP contribution in [0.2, 0.25) is 0 Å². The van der Waals surface area contributed by atoms with Crippen LogP contribution < -0.4 is 4.57 Å². The van der Waals surface area contributed by atoms with Gasteiger partial charge in [0.2, 0.25) is 0 Å². The topological polar surface area (TPSA) is 84.9 Å².